The molecule has 3 rings (SSSR count). The van der Waals surface area contributed by atoms with Crippen molar-refractivity contribution in [2.75, 3.05) is 46.9 Å². The van der Waals surface area contributed by atoms with Gasteiger partial charge in [-0.15, -0.1) is 0 Å². The number of benzene rings is 2. The third-order valence-electron chi connectivity index (χ3n) is 5.61. The van der Waals surface area contributed by atoms with Gasteiger partial charge in [-0.1, -0.05) is 12.1 Å². The molecular formula is C25H29N3O6S. The lowest BCUT2D eigenvalue weighted by Gasteiger charge is -2.35. The van der Waals surface area contributed by atoms with Crippen LogP contribution >= 0.6 is 12.2 Å². The molecule has 0 fully saturated rings. The standard InChI is InChI=1S/C25H29N3O6S/c1-15-21(24(30)34-11-10-31-3)22(27-25(35)28(15)2)16-6-8-18(9-7-16)26-23(29)17-12-19(32-4)14-20(13-17)33-5/h6-9,12-14,22H,10-11H2,1-5H3,(H,26,29)(H,27,35). The lowest BCUT2D eigenvalue weighted by Crippen LogP contribution is -2.46. The van der Waals surface area contributed by atoms with Gasteiger partial charge < -0.3 is 34.5 Å². The van der Waals surface area contributed by atoms with Gasteiger partial charge >= 0.3 is 5.97 Å². The van der Waals surface area contributed by atoms with Crippen LogP contribution in [0.1, 0.15) is 28.9 Å². The molecule has 2 aromatic rings. The summed E-state index contributed by atoms with van der Waals surface area (Å²) in [6.45, 7) is 2.27. The third kappa shape index (κ3) is 6.09. The second kappa shape index (κ2) is 11.7. The van der Waals surface area contributed by atoms with Crippen molar-refractivity contribution in [3.8, 4) is 11.5 Å². The zero-order chi connectivity index (χ0) is 25.5. The molecule has 2 N–H and O–H groups in total. The van der Waals surface area contributed by atoms with Crippen LogP contribution in [0.4, 0.5) is 5.69 Å². The van der Waals surface area contributed by atoms with E-state index in [4.69, 9.17) is 31.2 Å². The summed E-state index contributed by atoms with van der Waals surface area (Å²) in [7, 11) is 6.38. The summed E-state index contributed by atoms with van der Waals surface area (Å²) >= 11 is 5.44. The van der Waals surface area contributed by atoms with Crippen molar-refractivity contribution in [2.45, 2.75) is 13.0 Å². The molecule has 35 heavy (non-hydrogen) atoms. The predicted octanol–water partition coefficient (Wildman–Crippen LogP) is 3.28. The van der Waals surface area contributed by atoms with E-state index in [0.29, 0.717) is 45.7 Å². The molecule has 1 unspecified atom stereocenters. The minimum Gasteiger partial charge on any atom is -0.497 e. The maximum atomic E-state index is 12.9. The molecule has 1 heterocycles. The zero-order valence-electron chi connectivity index (χ0n) is 20.3. The number of rotatable bonds is 9. The highest BCUT2D eigenvalue weighted by Gasteiger charge is 2.33. The molecule has 186 valence electrons. The number of hydrogen-bond acceptors (Lipinski definition) is 7. The molecule has 0 radical (unpaired) electrons. The van der Waals surface area contributed by atoms with Crippen LogP contribution < -0.4 is 20.1 Å². The first-order valence-electron chi connectivity index (χ1n) is 10.8. The fourth-order valence-corrected chi connectivity index (χ4v) is 3.80. The molecule has 1 aliphatic rings. The van der Waals surface area contributed by atoms with Gasteiger partial charge in [0.05, 0.1) is 32.4 Å². The summed E-state index contributed by atoms with van der Waals surface area (Å²) in [5.74, 6) is 0.268. The highest BCUT2D eigenvalue weighted by molar-refractivity contribution is 7.80. The topological polar surface area (TPSA) is 98.4 Å². The first-order valence-corrected chi connectivity index (χ1v) is 11.2. The van der Waals surface area contributed by atoms with Crippen molar-refractivity contribution in [1.29, 1.82) is 0 Å². The van der Waals surface area contributed by atoms with E-state index in [2.05, 4.69) is 10.6 Å². The third-order valence-corrected chi connectivity index (χ3v) is 6.00. The normalized spacial score (nSPS) is 15.4. The number of esters is 1. The fourth-order valence-electron chi connectivity index (χ4n) is 3.55. The highest BCUT2D eigenvalue weighted by Crippen LogP contribution is 2.31. The Hall–Kier alpha value is -3.63. The predicted molar refractivity (Wildman–Crippen MR) is 136 cm³/mol. The summed E-state index contributed by atoms with van der Waals surface area (Å²) in [5.41, 5.74) is 2.93. The summed E-state index contributed by atoms with van der Waals surface area (Å²) < 4.78 is 20.8. The van der Waals surface area contributed by atoms with Crippen LogP contribution in [0.15, 0.2) is 53.7 Å². The number of ether oxygens (including phenoxy) is 4. The number of methoxy groups -OCH3 is 3. The Morgan fingerprint density at radius 2 is 1.66 bits per heavy atom. The van der Waals surface area contributed by atoms with Gasteiger partial charge in [0.25, 0.3) is 5.91 Å². The monoisotopic (exact) mass is 499 g/mol. The Labute approximate surface area is 210 Å². The number of thiocarbonyl (C=S) groups is 1. The zero-order valence-corrected chi connectivity index (χ0v) is 21.2. The fraction of sp³-hybridized carbons (Fsp3) is 0.320. The maximum absolute atomic E-state index is 12.9. The Bertz CT molecular complexity index is 1110. The molecule has 1 atom stereocenters. The van der Waals surface area contributed by atoms with E-state index in [1.54, 1.807) is 49.4 Å². The van der Waals surface area contributed by atoms with E-state index in [1.807, 2.05) is 19.1 Å². The van der Waals surface area contributed by atoms with Crippen LogP contribution in [0, 0.1) is 0 Å². The Balaban J connectivity index is 1.81. The first kappa shape index (κ1) is 26.0. The highest BCUT2D eigenvalue weighted by atomic mass is 32.1. The minimum absolute atomic E-state index is 0.146. The number of carbonyl (C=O) groups is 2. The van der Waals surface area contributed by atoms with E-state index < -0.39 is 12.0 Å². The lowest BCUT2D eigenvalue weighted by molar-refractivity contribution is -0.140. The number of allylic oxidation sites excluding steroid dienone is 1. The van der Waals surface area contributed by atoms with Crippen LogP contribution in [0.3, 0.4) is 0 Å². The SMILES string of the molecule is COCCOC(=O)C1=C(C)N(C)C(=S)NC1c1ccc(NC(=O)c2cc(OC)cc(OC)c2)cc1. The van der Waals surface area contributed by atoms with E-state index in [-0.39, 0.29) is 12.5 Å². The number of anilines is 1. The van der Waals surface area contributed by atoms with Gasteiger partial charge in [0.15, 0.2) is 5.11 Å². The molecule has 0 bridgehead atoms. The number of nitrogens with zero attached hydrogens (tertiary/aromatic N) is 1. The van der Waals surface area contributed by atoms with E-state index in [1.165, 1.54) is 14.2 Å². The van der Waals surface area contributed by atoms with Crippen molar-refractivity contribution in [3.63, 3.8) is 0 Å². The van der Waals surface area contributed by atoms with Crippen LogP contribution in [0.2, 0.25) is 0 Å². The minimum atomic E-state index is -0.499. The van der Waals surface area contributed by atoms with Gasteiger partial charge in [-0.3, -0.25) is 4.79 Å². The number of nitrogens with one attached hydrogen (secondary N) is 2. The van der Waals surface area contributed by atoms with Gasteiger partial charge in [-0.05, 0) is 49.0 Å². The molecule has 9 nitrogen and oxygen atoms in total. The second-order valence-electron chi connectivity index (χ2n) is 7.75. The van der Waals surface area contributed by atoms with Crippen molar-refractivity contribution >= 4 is 34.9 Å². The molecule has 1 aliphatic heterocycles. The van der Waals surface area contributed by atoms with Gasteiger partial charge in [-0.25, -0.2) is 4.79 Å². The van der Waals surface area contributed by atoms with Crippen LogP contribution in [0.5, 0.6) is 11.5 Å². The van der Waals surface area contributed by atoms with E-state index in [0.717, 1.165) is 5.56 Å². The van der Waals surface area contributed by atoms with Gasteiger partial charge in [-0.2, -0.15) is 0 Å². The summed E-state index contributed by atoms with van der Waals surface area (Å²) in [5, 5.41) is 6.55. The quantitative estimate of drug-likeness (QED) is 0.306. The maximum Gasteiger partial charge on any atom is 0.338 e. The van der Waals surface area contributed by atoms with Gasteiger partial charge in [0.2, 0.25) is 0 Å². The molecule has 2 aromatic carbocycles. The first-order chi connectivity index (χ1) is 16.8. The second-order valence-corrected chi connectivity index (χ2v) is 8.13. The summed E-state index contributed by atoms with van der Waals surface area (Å²) in [6.07, 6.45) is 0. The van der Waals surface area contributed by atoms with Crippen LogP contribution in [0.25, 0.3) is 0 Å². The average molecular weight is 500 g/mol. The van der Waals surface area contributed by atoms with E-state index in [9.17, 15) is 9.59 Å². The molecule has 0 spiro atoms. The largest absolute Gasteiger partial charge is 0.497 e. The number of hydrogen-bond donors (Lipinski definition) is 2. The number of carbonyl (C=O) groups excluding carboxylic acids is 2. The van der Waals surface area contributed by atoms with Crippen molar-refractivity contribution in [2.24, 2.45) is 0 Å². The van der Waals surface area contributed by atoms with Crippen molar-refractivity contribution in [1.82, 2.24) is 10.2 Å². The van der Waals surface area contributed by atoms with Crippen LogP contribution in [-0.2, 0) is 14.3 Å². The average Bonchev–Trinajstić information content (AvgIpc) is 2.87. The molecule has 0 saturated heterocycles. The van der Waals surface area contributed by atoms with Crippen LogP contribution in [-0.4, -0.2) is 63.5 Å². The Morgan fingerprint density at radius 1 is 1.03 bits per heavy atom. The Kier molecular flexibility index (Phi) is 8.67. The van der Waals surface area contributed by atoms with Gasteiger partial charge in [0.1, 0.15) is 18.1 Å². The molecule has 0 saturated carbocycles. The van der Waals surface area contributed by atoms with Crippen molar-refractivity contribution < 1.29 is 28.5 Å². The Morgan fingerprint density at radius 3 is 2.23 bits per heavy atom. The van der Waals surface area contributed by atoms with E-state index >= 15 is 0 Å². The molecule has 0 aromatic heterocycles. The molecule has 0 aliphatic carbocycles. The lowest BCUT2D eigenvalue weighted by atomic mass is 9.95. The van der Waals surface area contributed by atoms with Gasteiger partial charge in [0, 0.05) is 37.2 Å². The summed E-state index contributed by atoms with van der Waals surface area (Å²) in [6, 6.07) is 11.6. The number of amides is 1. The van der Waals surface area contributed by atoms with Crippen molar-refractivity contribution in [3.05, 3.63) is 64.9 Å². The molecular weight excluding hydrogens is 470 g/mol. The molecule has 10 heteroatoms. The summed E-state index contributed by atoms with van der Waals surface area (Å²) in [4.78, 5) is 27.4. The smallest absolute Gasteiger partial charge is 0.338 e. The molecule has 1 amide bonds.